The molecule has 0 radical (unpaired) electrons. The summed E-state index contributed by atoms with van der Waals surface area (Å²) in [7, 11) is 0. The summed E-state index contributed by atoms with van der Waals surface area (Å²) in [5.74, 6) is 1.19. The first-order chi connectivity index (χ1) is 10.6. The Labute approximate surface area is 128 Å². The number of para-hydroxylation sites is 1. The Bertz CT molecular complexity index is 794. The quantitative estimate of drug-likeness (QED) is 0.685. The Morgan fingerprint density at radius 3 is 2.59 bits per heavy atom. The van der Waals surface area contributed by atoms with Crippen molar-refractivity contribution in [1.29, 1.82) is 0 Å². The summed E-state index contributed by atoms with van der Waals surface area (Å²) in [6.45, 7) is 4.06. The molecule has 2 heterocycles. The van der Waals surface area contributed by atoms with Crippen LogP contribution in [0.1, 0.15) is 13.8 Å². The summed E-state index contributed by atoms with van der Waals surface area (Å²) in [5.41, 5.74) is 8.38. The molecule has 0 aliphatic heterocycles. The predicted molar refractivity (Wildman–Crippen MR) is 90.2 cm³/mol. The first kappa shape index (κ1) is 14.1. The van der Waals surface area contributed by atoms with Gasteiger partial charge in [-0.1, -0.05) is 18.2 Å². The normalized spacial score (nSPS) is 10.9. The van der Waals surface area contributed by atoms with Gasteiger partial charge in [0.25, 0.3) is 0 Å². The molecule has 3 rings (SSSR count). The highest BCUT2D eigenvalue weighted by Crippen LogP contribution is 2.29. The number of benzene rings is 1. The van der Waals surface area contributed by atoms with E-state index in [-0.39, 0.29) is 6.04 Å². The van der Waals surface area contributed by atoms with Crippen molar-refractivity contribution in [1.82, 2.24) is 15.0 Å². The number of rotatable bonds is 4. The molecule has 0 amide bonds. The van der Waals surface area contributed by atoms with Crippen molar-refractivity contribution in [2.45, 2.75) is 19.9 Å². The molecule has 1 aromatic carbocycles. The number of aromatic nitrogens is 3. The summed E-state index contributed by atoms with van der Waals surface area (Å²) in [6.07, 6.45) is 3.25. The first-order valence-corrected chi connectivity index (χ1v) is 7.13. The van der Waals surface area contributed by atoms with Crippen LogP contribution in [0.15, 0.2) is 42.9 Å². The number of nitrogens with one attached hydrogen (secondary N) is 2. The second-order valence-corrected chi connectivity index (χ2v) is 5.29. The molecule has 0 fully saturated rings. The smallest absolute Gasteiger partial charge is 0.159 e. The SMILES string of the molecule is CC(C)Nc1ncnc(Nc2cccc3cccnc23)c1N. The molecular weight excluding hydrogens is 276 g/mol. The number of nitrogens with zero attached hydrogens (tertiary/aromatic N) is 3. The lowest BCUT2D eigenvalue weighted by molar-refractivity contribution is 0.887. The fraction of sp³-hybridized carbons (Fsp3) is 0.188. The summed E-state index contributed by atoms with van der Waals surface area (Å²) in [5, 5.41) is 7.51. The number of hydrogen-bond acceptors (Lipinski definition) is 6. The predicted octanol–water partition coefficient (Wildman–Crippen LogP) is 3.17. The number of fused-ring (bicyclic) bond motifs is 1. The van der Waals surface area contributed by atoms with Gasteiger partial charge in [-0.15, -0.1) is 0 Å². The lowest BCUT2D eigenvalue weighted by Crippen LogP contribution is -2.14. The van der Waals surface area contributed by atoms with Crippen LogP contribution in [0.25, 0.3) is 10.9 Å². The molecule has 0 atom stereocenters. The van der Waals surface area contributed by atoms with Crippen LogP contribution in [-0.2, 0) is 0 Å². The highest BCUT2D eigenvalue weighted by molar-refractivity contribution is 5.93. The Morgan fingerprint density at radius 2 is 1.77 bits per heavy atom. The number of anilines is 4. The van der Waals surface area contributed by atoms with Crippen molar-refractivity contribution in [3.8, 4) is 0 Å². The fourth-order valence-corrected chi connectivity index (χ4v) is 2.22. The highest BCUT2D eigenvalue weighted by Gasteiger charge is 2.10. The molecule has 0 bridgehead atoms. The minimum Gasteiger partial charge on any atom is -0.393 e. The molecule has 6 nitrogen and oxygen atoms in total. The molecule has 2 aromatic heterocycles. The van der Waals surface area contributed by atoms with Gasteiger partial charge in [-0.2, -0.15) is 0 Å². The molecule has 112 valence electrons. The van der Waals surface area contributed by atoms with Gasteiger partial charge in [0, 0.05) is 17.6 Å². The number of pyridine rings is 1. The molecule has 0 spiro atoms. The van der Waals surface area contributed by atoms with Crippen molar-refractivity contribution >= 4 is 33.9 Å². The zero-order valence-electron chi connectivity index (χ0n) is 12.5. The van der Waals surface area contributed by atoms with Crippen LogP contribution < -0.4 is 16.4 Å². The number of hydrogen-bond donors (Lipinski definition) is 3. The Hall–Kier alpha value is -2.89. The van der Waals surface area contributed by atoms with Crippen LogP contribution >= 0.6 is 0 Å². The average Bonchev–Trinajstić information content (AvgIpc) is 2.51. The van der Waals surface area contributed by atoms with Gasteiger partial charge < -0.3 is 16.4 Å². The van der Waals surface area contributed by atoms with E-state index in [2.05, 4.69) is 25.6 Å². The molecule has 0 saturated carbocycles. The van der Waals surface area contributed by atoms with E-state index in [1.54, 1.807) is 6.20 Å². The lowest BCUT2D eigenvalue weighted by Gasteiger charge is -2.15. The highest BCUT2D eigenvalue weighted by atomic mass is 15.1. The zero-order valence-corrected chi connectivity index (χ0v) is 12.5. The van der Waals surface area contributed by atoms with Gasteiger partial charge in [0.15, 0.2) is 11.6 Å². The monoisotopic (exact) mass is 294 g/mol. The van der Waals surface area contributed by atoms with Crippen molar-refractivity contribution in [3.63, 3.8) is 0 Å². The largest absolute Gasteiger partial charge is 0.393 e. The van der Waals surface area contributed by atoms with E-state index in [0.717, 1.165) is 16.6 Å². The van der Waals surface area contributed by atoms with Crippen molar-refractivity contribution in [2.75, 3.05) is 16.4 Å². The molecule has 4 N–H and O–H groups in total. The number of nitrogen functional groups attached to an aromatic ring is 1. The van der Waals surface area contributed by atoms with Crippen LogP contribution in [-0.4, -0.2) is 21.0 Å². The lowest BCUT2D eigenvalue weighted by atomic mass is 10.2. The summed E-state index contributed by atoms with van der Waals surface area (Å²) >= 11 is 0. The van der Waals surface area contributed by atoms with E-state index in [0.29, 0.717) is 17.3 Å². The standard InChI is InChI=1S/C16H18N6/c1-10(2)21-15-13(17)16(20-9-19-15)22-12-7-3-5-11-6-4-8-18-14(11)12/h3-10H,17H2,1-2H3,(H2,19,20,21,22). The van der Waals surface area contributed by atoms with Gasteiger partial charge in [0.1, 0.15) is 12.0 Å². The summed E-state index contributed by atoms with van der Waals surface area (Å²) in [4.78, 5) is 12.8. The van der Waals surface area contributed by atoms with Gasteiger partial charge in [-0.25, -0.2) is 9.97 Å². The Balaban J connectivity index is 1.99. The van der Waals surface area contributed by atoms with Gasteiger partial charge in [0.05, 0.1) is 11.2 Å². The summed E-state index contributed by atoms with van der Waals surface area (Å²) < 4.78 is 0. The van der Waals surface area contributed by atoms with Gasteiger partial charge >= 0.3 is 0 Å². The fourth-order valence-electron chi connectivity index (χ4n) is 2.22. The third-order valence-electron chi connectivity index (χ3n) is 3.20. The van der Waals surface area contributed by atoms with Crippen molar-refractivity contribution in [3.05, 3.63) is 42.9 Å². The van der Waals surface area contributed by atoms with Crippen molar-refractivity contribution < 1.29 is 0 Å². The molecule has 0 saturated heterocycles. The van der Waals surface area contributed by atoms with Gasteiger partial charge in [0.2, 0.25) is 0 Å². The average molecular weight is 294 g/mol. The topological polar surface area (TPSA) is 88.8 Å². The van der Waals surface area contributed by atoms with Crippen LogP contribution in [0.2, 0.25) is 0 Å². The molecule has 0 aliphatic carbocycles. The minimum absolute atomic E-state index is 0.240. The van der Waals surface area contributed by atoms with E-state index in [4.69, 9.17) is 5.73 Å². The minimum atomic E-state index is 0.240. The third kappa shape index (κ3) is 2.76. The Kier molecular flexibility index (Phi) is 3.74. The molecule has 3 aromatic rings. The second-order valence-electron chi connectivity index (χ2n) is 5.29. The van der Waals surface area contributed by atoms with E-state index in [1.807, 2.05) is 44.2 Å². The third-order valence-corrected chi connectivity index (χ3v) is 3.20. The molecule has 0 unspecified atom stereocenters. The zero-order chi connectivity index (χ0) is 15.5. The molecular formula is C16H18N6. The molecule has 6 heteroatoms. The van der Waals surface area contributed by atoms with Crippen molar-refractivity contribution in [2.24, 2.45) is 0 Å². The maximum Gasteiger partial charge on any atom is 0.159 e. The Morgan fingerprint density at radius 1 is 1.00 bits per heavy atom. The molecule has 0 aliphatic rings. The maximum atomic E-state index is 6.15. The summed E-state index contributed by atoms with van der Waals surface area (Å²) in [6, 6.07) is 10.1. The van der Waals surface area contributed by atoms with E-state index in [1.165, 1.54) is 6.33 Å². The van der Waals surface area contributed by atoms with Crippen LogP contribution in [0, 0.1) is 0 Å². The van der Waals surface area contributed by atoms with Crippen LogP contribution in [0.3, 0.4) is 0 Å². The van der Waals surface area contributed by atoms with Gasteiger partial charge in [-0.05, 0) is 26.0 Å². The second kappa shape index (κ2) is 5.85. The van der Waals surface area contributed by atoms with Gasteiger partial charge in [-0.3, -0.25) is 4.98 Å². The maximum absolute atomic E-state index is 6.15. The molecule has 22 heavy (non-hydrogen) atoms. The van der Waals surface area contributed by atoms with Crippen LogP contribution in [0.5, 0.6) is 0 Å². The van der Waals surface area contributed by atoms with Crippen LogP contribution in [0.4, 0.5) is 23.0 Å². The van der Waals surface area contributed by atoms with E-state index >= 15 is 0 Å². The van der Waals surface area contributed by atoms with E-state index < -0.39 is 0 Å². The first-order valence-electron chi connectivity index (χ1n) is 7.13. The number of nitrogens with two attached hydrogens (primary N) is 1. The van der Waals surface area contributed by atoms with E-state index in [9.17, 15) is 0 Å².